The summed E-state index contributed by atoms with van der Waals surface area (Å²) in [6.45, 7) is 4.35. The second kappa shape index (κ2) is 8.92. The van der Waals surface area contributed by atoms with Gasteiger partial charge in [-0.2, -0.15) is 5.10 Å². The van der Waals surface area contributed by atoms with Gasteiger partial charge in [0, 0.05) is 0 Å². The van der Waals surface area contributed by atoms with Crippen molar-refractivity contribution in [2.75, 3.05) is 19.0 Å². The van der Waals surface area contributed by atoms with Gasteiger partial charge in [-0.15, -0.1) is 0 Å². The first-order chi connectivity index (χ1) is 15.0. The smallest absolute Gasteiger partial charge is 0.262 e. The summed E-state index contributed by atoms with van der Waals surface area (Å²) in [5, 5.41) is 9.74. The zero-order valence-electron chi connectivity index (χ0n) is 17.9. The second-order valence-electron chi connectivity index (χ2n) is 7.40. The van der Waals surface area contributed by atoms with Gasteiger partial charge in [-0.25, -0.2) is 0 Å². The summed E-state index contributed by atoms with van der Waals surface area (Å²) in [5.41, 5.74) is 3.44. The minimum Gasteiger partial charge on any atom is -0.497 e. The molecule has 1 heterocycles. The number of nitrogens with zero attached hydrogens (tertiary/aromatic N) is 2. The molecule has 1 aromatic heterocycles. The van der Waals surface area contributed by atoms with E-state index in [-0.39, 0.29) is 12.5 Å². The molecule has 6 nitrogen and oxygen atoms in total. The molecule has 3 aromatic carbocycles. The van der Waals surface area contributed by atoms with E-state index in [0.29, 0.717) is 12.3 Å². The number of anilines is 1. The fourth-order valence-corrected chi connectivity index (χ4v) is 3.56. The van der Waals surface area contributed by atoms with Gasteiger partial charge in [0.15, 0.2) is 6.61 Å². The number of benzene rings is 3. The molecule has 4 aromatic rings. The summed E-state index contributed by atoms with van der Waals surface area (Å²) in [7, 11) is 1.65. The van der Waals surface area contributed by atoms with E-state index >= 15 is 0 Å². The largest absolute Gasteiger partial charge is 0.497 e. The first-order valence-electron chi connectivity index (χ1n) is 10.1. The summed E-state index contributed by atoms with van der Waals surface area (Å²) in [4.78, 5) is 12.5. The van der Waals surface area contributed by atoms with E-state index in [1.807, 2.05) is 85.3 Å². The lowest BCUT2D eigenvalue weighted by Crippen LogP contribution is -2.21. The van der Waals surface area contributed by atoms with Crippen LogP contribution in [0.3, 0.4) is 0 Å². The van der Waals surface area contributed by atoms with E-state index in [1.54, 1.807) is 7.11 Å². The number of amides is 1. The third-order valence-electron chi connectivity index (χ3n) is 5.20. The number of hydrogen-bond acceptors (Lipinski definition) is 4. The van der Waals surface area contributed by atoms with Crippen LogP contribution in [0.1, 0.15) is 17.0 Å². The first kappa shape index (κ1) is 20.5. The maximum absolute atomic E-state index is 12.5. The van der Waals surface area contributed by atoms with Crippen LogP contribution < -0.4 is 14.8 Å². The van der Waals surface area contributed by atoms with Crippen LogP contribution in [0.15, 0.2) is 66.7 Å². The summed E-state index contributed by atoms with van der Waals surface area (Å²) >= 11 is 0. The van der Waals surface area contributed by atoms with Crippen molar-refractivity contribution in [1.29, 1.82) is 0 Å². The van der Waals surface area contributed by atoms with Crippen LogP contribution >= 0.6 is 0 Å². The molecule has 31 heavy (non-hydrogen) atoms. The number of carbonyl (C=O) groups is 1. The van der Waals surface area contributed by atoms with Crippen LogP contribution in [0.25, 0.3) is 10.8 Å². The van der Waals surface area contributed by atoms with Gasteiger partial charge in [0.1, 0.15) is 11.5 Å². The minimum atomic E-state index is -0.222. The zero-order chi connectivity index (χ0) is 21.8. The minimum absolute atomic E-state index is 0.0711. The van der Waals surface area contributed by atoms with E-state index in [0.717, 1.165) is 39.2 Å². The number of nitrogens with one attached hydrogen (secondary N) is 1. The van der Waals surface area contributed by atoms with E-state index in [1.165, 1.54) is 0 Å². The standard InChI is InChI=1S/C25H25N3O3/c1-17-25(18(2)28(27-17)15-19-7-6-10-22(13-19)30-3)26-24(29)16-31-23-12-11-20-8-4-5-9-21(20)14-23/h4-14H,15-16H2,1-3H3,(H,26,29). The molecule has 0 bridgehead atoms. The SMILES string of the molecule is COc1cccc(Cn2nc(C)c(NC(=O)COc3ccc4ccccc4c3)c2C)c1. The van der Waals surface area contributed by atoms with Crippen LogP contribution in [0.5, 0.6) is 11.5 Å². The average Bonchev–Trinajstić information content (AvgIpc) is 3.05. The number of hydrogen-bond donors (Lipinski definition) is 1. The number of aryl methyl sites for hydroxylation is 1. The molecule has 0 saturated carbocycles. The number of fused-ring (bicyclic) bond motifs is 1. The van der Waals surface area contributed by atoms with Crippen LogP contribution in [-0.2, 0) is 11.3 Å². The van der Waals surface area contributed by atoms with Crippen molar-refractivity contribution >= 4 is 22.4 Å². The van der Waals surface area contributed by atoms with E-state index in [9.17, 15) is 4.79 Å². The van der Waals surface area contributed by atoms with Gasteiger partial charge in [0.25, 0.3) is 5.91 Å². The highest BCUT2D eigenvalue weighted by atomic mass is 16.5. The van der Waals surface area contributed by atoms with Gasteiger partial charge in [0.05, 0.1) is 30.7 Å². The van der Waals surface area contributed by atoms with Crippen molar-refractivity contribution < 1.29 is 14.3 Å². The molecule has 0 aliphatic rings. The molecule has 6 heteroatoms. The van der Waals surface area contributed by atoms with Crippen LogP contribution in [0.4, 0.5) is 5.69 Å². The Morgan fingerprint density at radius 3 is 2.58 bits per heavy atom. The van der Waals surface area contributed by atoms with Crippen LogP contribution in [0, 0.1) is 13.8 Å². The van der Waals surface area contributed by atoms with Gasteiger partial charge in [0.2, 0.25) is 0 Å². The van der Waals surface area contributed by atoms with Gasteiger partial charge < -0.3 is 14.8 Å². The van der Waals surface area contributed by atoms with E-state index in [2.05, 4.69) is 10.4 Å². The zero-order valence-corrected chi connectivity index (χ0v) is 17.9. The van der Waals surface area contributed by atoms with Crippen LogP contribution in [-0.4, -0.2) is 29.4 Å². The summed E-state index contributed by atoms with van der Waals surface area (Å²) in [6, 6.07) is 21.7. The third-order valence-corrected chi connectivity index (χ3v) is 5.20. The van der Waals surface area contributed by atoms with Gasteiger partial charge in [-0.1, -0.05) is 42.5 Å². The number of carbonyl (C=O) groups excluding carboxylic acids is 1. The van der Waals surface area contributed by atoms with Crippen LogP contribution in [0.2, 0.25) is 0 Å². The van der Waals surface area contributed by atoms with Crippen molar-refractivity contribution in [1.82, 2.24) is 9.78 Å². The third kappa shape index (κ3) is 4.69. The lowest BCUT2D eigenvalue weighted by atomic mass is 10.1. The number of aromatic nitrogens is 2. The molecule has 4 rings (SSSR count). The Labute approximate surface area is 181 Å². The Hall–Kier alpha value is -3.80. The molecule has 0 fully saturated rings. The summed E-state index contributed by atoms with van der Waals surface area (Å²) < 4.78 is 12.9. The average molecular weight is 415 g/mol. The predicted octanol–water partition coefficient (Wildman–Crippen LogP) is 4.73. The fourth-order valence-electron chi connectivity index (χ4n) is 3.56. The van der Waals surface area contributed by atoms with E-state index in [4.69, 9.17) is 9.47 Å². The number of ether oxygens (including phenoxy) is 2. The molecule has 0 radical (unpaired) electrons. The molecule has 158 valence electrons. The van der Waals surface area contributed by atoms with Crippen molar-refractivity contribution in [3.05, 3.63) is 83.7 Å². The van der Waals surface area contributed by atoms with Gasteiger partial charge in [-0.3, -0.25) is 9.48 Å². The van der Waals surface area contributed by atoms with Crippen molar-refractivity contribution in [2.45, 2.75) is 20.4 Å². The molecule has 0 aliphatic heterocycles. The molecular formula is C25H25N3O3. The van der Waals surface area contributed by atoms with Crippen molar-refractivity contribution in [3.8, 4) is 11.5 Å². The highest BCUT2D eigenvalue weighted by Crippen LogP contribution is 2.23. The Bertz CT molecular complexity index is 1230. The Kier molecular flexibility index (Phi) is 5.89. The maximum atomic E-state index is 12.5. The van der Waals surface area contributed by atoms with Crippen molar-refractivity contribution in [3.63, 3.8) is 0 Å². The highest BCUT2D eigenvalue weighted by Gasteiger charge is 2.15. The Morgan fingerprint density at radius 1 is 0.968 bits per heavy atom. The lowest BCUT2D eigenvalue weighted by molar-refractivity contribution is -0.118. The predicted molar refractivity (Wildman–Crippen MR) is 122 cm³/mol. The molecule has 0 aliphatic carbocycles. The van der Waals surface area contributed by atoms with E-state index < -0.39 is 0 Å². The van der Waals surface area contributed by atoms with Gasteiger partial charge in [-0.05, 0) is 54.4 Å². The normalized spacial score (nSPS) is 10.8. The van der Waals surface area contributed by atoms with Crippen molar-refractivity contribution in [2.24, 2.45) is 0 Å². The van der Waals surface area contributed by atoms with Gasteiger partial charge >= 0.3 is 0 Å². The molecule has 0 spiro atoms. The molecule has 1 amide bonds. The summed E-state index contributed by atoms with van der Waals surface area (Å²) in [6.07, 6.45) is 0. The Balaban J connectivity index is 1.41. The highest BCUT2D eigenvalue weighted by molar-refractivity contribution is 5.93. The molecule has 0 saturated heterocycles. The topological polar surface area (TPSA) is 65.4 Å². The second-order valence-corrected chi connectivity index (χ2v) is 7.40. The number of rotatable bonds is 7. The molecule has 1 N–H and O–H groups in total. The Morgan fingerprint density at radius 2 is 1.77 bits per heavy atom. The molecule has 0 atom stereocenters. The summed E-state index contributed by atoms with van der Waals surface area (Å²) in [5.74, 6) is 1.25. The first-order valence-corrected chi connectivity index (χ1v) is 10.1. The molecular weight excluding hydrogens is 390 g/mol. The lowest BCUT2D eigenvalue weighted by Gasteiger charge is -2.10. The number of methoxy groups -OCH3 is 1. The quantitative estimate of drug-likeness (QED) is 0.474. The molecule has 0 unspecified atom stereocenters. The fraction of sp³-hybridized carbons (Fsp3) is 0.200. The maximum Gasteiger partial charge on any atom is 0.262 e. The monoisotopic (exact) mass is 415 g/mol.